The van der Waals surface area contributed by atoms with Gasteiger partial charge in [-0.2, -0.15) is 13.2 Å². The molecule has 184 valence electrons. The van der Waals surface area contributed by atoms with Crippen molar-refractivity contribution in [2.24, 2.45) is 5.41 Å². The van der Waals surface area contributed by atoms with Gasteiger partial charge in [-0.15, -0.1) is 0 Å². The van der Waals surface area contributed by atoms with Crippen LogP contribution in [0.4, 0.5) is 17.6 Å². The summed E-state index contributed by atoms with van der Waals surface area (Å²) in [6, 6.07) is 8.32. The van der Waals surface area contributed by atoms with Crippen LogP contribution in [0.15, 0.2) is 42.6 Å². The predicted molar refractivity (Wildman–Crippen MR) is 125 cm³/mol. The molecule has 1 aliphatic carbocycles. The van der Waals surface area contributed by atoms with Gasteiger partial charge in [0.25, 0.3) is 0 Å². The summed E-state index contributed by atoms with van der Waals surface area (Å²) in [4.78, 5) is 0. The first-order valence-electron chi connectivity index (χ1n) is 11.2. The lowest BCUT2D eigenvalue weighted by Gasteiger charge is -2.20. The molecular weight excluding hydrogens is 468 g/mol. The minimum Gasteiger partial charge on any atom is -0.347 e. The zero-order valence-electron chi connectivity index (χ0n) is 19.3. The van der Waals surface area contributed by atoms with Gasteiger partial charge in [0.1, 0.15) is 5.82 Å². The molecule has 4 nitrogen and oxygen atoms in total. The first kappa shape index (κ1) is 24.7. The lowest BCUT2D eigenvalue weighted by atomic mass is 9.96. The normalized spacial score (nSPS) is 15.3. The highest BCUT2D eigenvalue weighted by Crippen LogP contribution is 2.40. The Labute approximate surface area is 197 Å². The molecule has 0 atom stereocenters. The predicted octanol–water partition coefficient (Wildman–Crippen LogP) is 6.14. The lowest BCUT2D eigenvalue weighted by molar-refractivity contribution is -0.139. The average Bonchev–Trinajstić information content (AvgIpc) is 3.52. The zero-order valence-corrected chi connectivity index (χ0v) is 20.2. The van der Waals surface area contributed by atoms with E-state index in [0.29, 0.717) is 25.8 Å². The van der Waals surface area contributed by atoms with E-state index in [2.05, 4.69) is 25.5 Å². The van der Waals surface area contributed by atoms with Crippen molar-refractivity contribution in [1.29, 1.82) is 0 Å². The Morgan fingerprint density at radius 1 is 1.09 bits per heavy atom. The molecule has 0 radical (unpaired) electrons. The summed E-state index contributed by atoms with van der Waals surface area (Å²) in [7, 11) is -3.30. The molecule has 1 aromatic heterocycles. The number of fused-ring (bicyclic) bond motifs is 1. The van der Waals surface area contributed by atoms with E-state index in [1.54, 1.807) is 18.2 Å². The number of halogens is 4. The Hall–Kier alpha value is -2.39. The summed E-state index contributed by atoms with van der Waals surface area (Å²) >= 11 is 0. The molecule has 0 saturated heterocycles. The van der Waals surface area contributed by atoms with Crippen molar-refractivity contribution < 1.29 is 26.0 Å². The fraction of sp³-hybridized carbons (Fsp3) is 0.440. The molecule has 9 heteroatoms. The molecule has 0 amide bonds. The van der Waals surface area contributed by atoms with Crippen molar-refractivity contribution in [2.45, 2.75) is 58.0 Å². The molecule has 1 N–H and O–H groups in total. The van der Waals surface area contributed by atoms with Gasteiger partial charge in [0.05, 0.1) is 10.8 Å². The van der Waals surface area contributed by atoms with Crippen LogP contribution in [0.5, 0.6) is 0 Å². The molecule has 34 heavy (non-hydrogen) atoms. The van der Waals surface area contributed by atoms with Gasteiger partial charge in [-0.1, -0.05) is 45.0 Å². The van der Waals surface area contributed by atoms with Crippen molar-refractivity contribution in [3.63, 3.8) is 0 Å². The molecule has 0 aliphatic heterocycles. The van der Waals surface area contributed by atoms with E-state index in [1.807, 2.05) is 10.8 Å². The Morgan fingerprint density at radius 3 is 2.41 bits per heavy atom. The van der Waals surface area contributed by atoms with Crippen molar-refractivity contribution >= 4 is 20.9 Å². The van der Waals surface area contributed by atoms with Crippen LogP contribution in [-0.4, -0.2) is 24.8 Å². The van der Waals surface area contributed by atoms with E-state index in [-0.39, 0.29) is 28.3 Å². The van der Waals surface area contributed by atoms with Gasteiger partial charge in [0, 0.05) is 30.2 Å². The Balaban J connectivity index is 1.74. The van der Waals surface area contributed by atoms with Gasteiger partial charge in [0.15, 0.2) is 0 Å². The number of rotatable bonds is 7. The second kappa shape index (κ2) is 8.68. The summed E-state index contributed by atoms with van der Waals surface area (Å²) in [5.41, 5.74) is 0.302. The van der Waals surface area contributed by atoms with Gasteiger partial charge in [-0.25, -0.2) is 17.5 Å². The molecule has 1 fully saturated rings. The SMILES string of the molecule is CC(C)(C)Cn1cc(CCNS(=O)(=O)C2CC2)c2ccc(-c3cccc(F)c3C(F)(F)F)cc21. The number of nitrogens with zero attached hydrogens (tertiary/aromatic N) is 1. The Kier molecular flexibility index (Phi) is 6.31. The van der Waals surface area contributed by atoms with Crippen LogP contribution >= 0.6 is 0 Å². The van der Waals surface area contributed by atoms with Crippen molar-refractivity contribution in [1.82, 2.24) is 9.29 Å². The number of nitrogens with one attached hydrogen (secondary N) is 1. The van der Waals surface area contributed by atoms with Crippen LogP contribution in [0.3, 0.4) is 0 Å². The number of alkyl halides is 3. The lowest BCUT2D eigenvalue weighted by Crippen LogP contribution is -2.29. The van der Waals surface area contributed by atoms with Crippen LogP contribution in [0.2, 0.25) is 0 Å². The smallest absolute Gasteiger partial charge is 0.347 e. The number of hydrogen-bond donors (Lipinski definition) is 1. The van der Waals surface area contributed by atoms with E-state index < -0.39 is 27.6 Å². The van der Waals surface area contributed by atoms with Crippen LogP contribution in [0.1, 0.15) is 44.7 Å². The summed E-state index contributed by atoms with van der Waals surface area (Å²) < 4.78 is 83.9. The number of aromatic nitrogens is 1. The molecular formula is C25H28F4N2O2S. The third kappa shape index (κ3) is 5.30. The highest BCUT2D eigenvalue weighted by atomic mass is 32.2. The van der Waals surface area contributed by atoms with E-state index in [9.17, 15) is 26.0 Å². The zero-order chi connectivity index (χ0) is 24.9. The van der Waals surface area contributed by atoms with Crippen molar-refractivity contribution in [2.75, 3.05) is 6.54 Å². The maximum atomic E-state index is 14.2. The largest absolute Gasteiger partial charge is 0.419 e. The Morgan fingerprint density at radius 2 is 1.79 bits per heavy atom. The quantitative estimate of drug-likeness (QED) is 0.400. The van der Waals surface area contributed by atoms with Crippen LogP contribution in [0, 0.1) is 11.2 Å². The second-order valence-electron chi connectivity index (χ2n) is 10.1. The summed E-state index contributed by atoms with van der Waals surface area (Å²) in [5.74, 6) is -1.31. The first-order chi connectivity index (χ1) is 15.8. The molecule has 2 aromatic carbocycles. The number of benzene rings is 2. The topological polar surface area (TPSA) is 51.1 Å². The molecule has 0 unspecified atom stereocenters. The van der Waals surface area contributed by atoms with Gasteiger partial charge >= 0.3 is 6.18 Å². The molecule has 3 aromatic rings. The van der Waals surface area contributed by atoms with E-state index in [4.69, 9.17) is 0 Å². The van der Waals surface area contributed by atoms with Crippen LogP contribution in [0.25, 0.3) is 22.0 Å². The van der Waals surface area contributed by atoms with E-state index in [1.165, 1.54) is 12.1 Å². The monoisotopic (exact) mass is 496 g/mol. The van der Waals surface area contributed by atoms with Crippen LogP contribution in [-0.2, 0) is 29.2 Å². The van der Waals surface area contributed by atoms with Crippen LogP contribution < -0.4 is 4.72 Å². The van der Waals surface area contributed by atoms with Gasteiger partial charge in [-0.3, -0.25) is 0 Å². The maximum Gasteiger partial charge on any atom is 0.419 e. The summed E-state index contributed by atoms with van der Waals surface area (Å²) in [6.07, 6.45) is -1.08. The summed E-state index contributed by atoms with van der Waals surface area (Å²) in [6.45, 7) is 7.02. The number of sulfonamides is 1. The van der Waals surface area contributed by atoms with E-state index in [0.717, 1.165) is 22.5 Å². The molecule has 0 bridgehead atoms. The van der Waals surface area contributed by atoms with Gasteiger partial charge in [0.2, 0.25) is 10.0 Å². The molecule has 0 spiro atoms. The molecule has 1 heterocycles. The summed E-state index contributed by atoms with van der Waals surface area (Å²) in [5, 5.41) is 0.537. The fourth-order valence-electron chi connectivity index (χ4n) is 4.25. The van der Waals surface area contributed by atoms with Gasteiger partial charge in [-0.05, 0) is 53.5 Å². The highest BCUT2D eigenvalue weighted by Gasteiger charge is 2.37. The third-order valence-corrected chi connectivity index (χ3v) is 7.83. The second-order valence-corrected chi connectivity index (χ2v) is 12.2. The fourth-order valence-corrected chi connectivity index (χ4v) is 5.63. The standard InChI is InChI=1S/C25H28F4N2O2S/c1-24(2,3)15-31-14-17(11-12-30-34(32,33)18-8-9-18)19-10-7-16(13-22(19)31)20-5-4-6-21(26)23(20)25(27,28)29/h4-7,10,13-14,18,30H,8-9,11-12,15H2,1-3H3. The molecule has 1 saturated carbocycles. The molecule has 4 rings (SSSR count). The average molecular weight is 497 g/mol. The highest BCUT2D eigenvalue weighted by molar-refractivity contribution is 7.90. The van der Waals surface area contributed by atoms with Crippen molar-refractivity contribution in [3.8, 4) is 11.1 Å². The van der Waals surface area contributed by atoms with Gasteiger partial charge < -0.3 is 4.57 Å². The molecule has 1 aliphatic rings. The maximum absolute atomic E-state index is 14.2. The minimum absolute atomic E-state index is 0.108. The Bertz CT molecular complexity index is 1320. The minimum atomic E-state index is -4.83. The van der Waals surface area contributed by atoms with Crippen molar-refractivity contribution in [3.05, 3.63) is 59.5 Å². The first-order valence-corrected chi connectivity index (χ1v) is 12.8. The third-order valence-electron chi connectivity index (χ3n) is 5.88. The number of hydrogen-bond acceptors (Lipinski definition) is 2. The van der Waals surface area contributed by atoms with E-state index >= 15 is 0 Å².